The SMILES string of the molecule is O=C(NC(C(=O)NO)C(F)F)c1ccc(C#Cc2ccc(CN3CCOCC3)cc2)cc1. The molecule has 1 aliphatic rings. The summed E-state index contributed by atoms with van der Waals surface area (Å²) in [7, 11) is 0. The molecule has 1 unspecified atom stereocenters. The maximum absolute atomic E-state index is 12.9. The minimum atomic E-state index is -3.17. The molecule has 0 aromatic heterocycles. The van der Waals surface area contributed by atoms with Crippen LogP contribution in [0.2, 0.25) is 0 Å². The summed E-state index contributed by atoms with van der Waals surface area (Å²) in [4.78, 5) is 25.7. The number of rotatable bonds is 6. The van der Waals surface area contributed by atoms with Crippen molar-refractivity contribution in [2.75, 3.05) is 26.3 Å². The van der Waals surface area contributed by atoms with Gasteiger partial charge in [0.1, 0.15) is 0 Å². The van der Waals surface area contributed by atoms with E-state index < -0.39 is 24.3 Å². The number of benzene rings is 2. The first-order valence-electron chi connectivity index (χ1n) is 10.0. The Hall–Kier alpha value is -3.32. The van der Waals surface area contributed by atoms with Crippen LogP contribution in [0.15, 0.2) is 48.5 Å². The van der Waals surface area contributed by atoms with Crippen LogP contribution in [0.4, 0.5) is 8.78 Å². The number of ether oxygens (including phenoxy) is 1. The van der Waals surface area contributed by atoms with E-state index in [9.17, 15) is 18.4 Å². The predicted octanol–water partition coefficient (Wildman–Crippen LogP) is 1.79. The summed E-state index contributed by atoms with van der Waals surface area (Å²) in [5, 5.41) is 10.4. The molecular weight excluding hydrogens is 420 g/mol. The lowest BCUT2D eigenvalue weighted by molar-refractivity contribution is -0.134. The van der Waals surface area contributed by atoms with Gasteiger partial charge >= 0.3 is 0 Å². The van der Waals surface area contributed by atoms with Crippen LogP contribution >= 0.6 is 0 Å². The van der Waals surface area contributed by atoms with Crippen molar-refractivity contribution in [2.24, 2.45) is 0 Å². The molecule has 1 atom stereocenters. The molecule has 0 spiro atoms. The second-order valence-corrected chi connectivity index (χ2v) is 7.17. The van der Waals surface area contributed by atoms with Crippen LogP contribution in [-0.2, 0) is 16.1 Å². The highest BCUT2D eigenvalue weighted by atomic mass is 19.3. The molecule has 0 bridgehead atoms. The van der Waals surface area contributed by atoms with Gasteiger partial charge in [-0.15, -0.1) is 0 Å². The number of carbonyl (C=O) groups is 2. The summed E-state index contributed by atoms with van der Waals surface area (Å²) in [6, 6.07) is 11.8. The summed E-state index contributed by atoms with van der Waals surface area (Å²) >= 11 is 0. The van der Waals surface area contributed by atoms with Gasteiger partial charge in [-0.25, -0.2) is 14.3 Å². The van der Waals surface area contributed by atoms with E-state index >= 15 is 0 Å². The van der Waals surface area contributed by atoms with Crippen LogP contribution in [0.3, 0.4) is 0 Å². The van der Waals surface area contributed by atoms with E-state index in [4.69, 9.17) is 9.94 Å². The molecule has 168 valence electrons. The summed E-state index contributed by atoms with van der Waals surface area (Å²) in [5.41, 5.74) is 3.87. The molecule has 3 rings (SSSR count). The van der Waals surface area contributed by atoms with E-state index in [1.54, 1.807) is 12.1 Å². The predicted molar refractivity (Wildman–Crippen MR) is 112 cm³/mol. The van der Waals surface area contributed by atoms with E-state index in [1.807, 2.05) is 29.6 Å². The van der Waals surface area contributed by atoms with Crippen molar-refractivity contribution in [2.45, 2.75) is 19.0 Å². The molecule has 2 aromatic carbocycles. The molecule has 0 aliphatic carbocycles. The van der Waals surface area contributed by atoms with Crippen LogP contribution < -0.4 is 10.8 Å². The van der Waals surface area contributed by atoms with E-state index in [1.165, 1.54) is 17.7 Å². The zero-order valence-corrected chi connectivity index (χ0v) is 17.2. The van der Waals surface area contributed by atoms with E-state index in [-0.39, 0.29) is 5.56 Å². The maximum atomic E-state index is 12.9. The molecule has 2 aromatic rings. The average Bonchev–Trinajstić information content (AvgIpc) is 2.82. The molecule has 1 fully saturated rings. The van der Waals surface area contributed by atoms with Gasteiger partial charge in [0.2, 0.25) is 0 Å². The van der Waals surface area contributed by atoms with Crippen molar-refractivity contribution in [3.63, 3.8) is 0 Å². The van der Waals surface area contributed by atoms with Gasteiger partial charge < -0.3 is 10.1 Å². The van der Waals surface area contributed by atoms with Gasteiger partial charge in [-0.2, -0.15) is 0 Å². The molecule has 2 amide bonds. The second-order valence-electron chi connectivity index (χ2n) is 7.17. The topological polar surface area (TPSA) is 90.9 Å². The van der Waals surface area contributed by atoms with Crippen LogP contribution in [0, 0.1) is 11.8 Å². The van der Waals surface area contributed by atoms with Gasteiger partial charge in [-0.1, -0.05) is 24.0 Å². The Morgan fingerprint density at radius 3 is 2.09 bits per heavy atom. The van der Waals surface area contributed by atoms with E-state index in [0.717, 1.165) is 43.9 Å². The monoisotopic (exact) mass is 443 g/mol. The minimum Gasteiger partial charge on any atom is -0.379 e. The molecule has 0 saturated carbocycles. The summed E-state index contributed by atoms with van der Waals surface area (Å²) in [6.45, 7) is 4.23. The number of alkyl halides is 2. The number of carbonyl (C=O) groups excluding carboxylic acids is 2. The Labute approximate surface area is 184 Å². The van der Waals surface area contributed by atoms with Gasteiger partial charge in [0.05, 0.1) is 13.2 Å². The third-order valence-electron chi connectivity index (χ3n) is 4.89. The van der Waals surface area contributed by atoms with Gasteiger partial charge in [0.25, 0.3) is 18.2 Å². The Morgan fingerprint density at radius 2 is 1.56 bits per heavy atom. The third kappa shape index (κ3) is 6.59. The fourth-order valence-electron chi connectivity index (χ4n) is 3.10. The Balaban J connectivity index is 1.58. The van der Waals surface area contributed by atoms with Crippen molar-refractivity contribution >= 4 is 11.8 Å². The highest BCUT2D eigenvalue weighted by Crippen LogP contribution is 2.10. The number of hydrogen-bond donors (Lipinski definition) is 3. The number of amides is 2. The quantitative estimate of drug-likeness (QED) is 0.360. The number of nitrogens with zero attached hydrogens (tertiary/aromatic N) is 1. The van der Waals surface area contributed by atoms with E-state index in [0.29, 0.717) is 5.56 Å². The minimum absolute atomic E-state index is 0.0828. The number of morpholine rings is 1. The third-order valence-corrected chi connectivity index (χ3v) is 4.89. The van der Waals surface area contributed by atoms with Gasteiger partial charge in [-0.3, -0.25) is 19.7 Å². The lowest BCUT2D eigenvalue weighted by Gasteiger charge is -2.26. The lowest BCUT2D eigenvalue weighted by Crippen LogP contribution is -2.50. The lowest BCUT2D eigenvalue weighted by atomic mass is 10.1. The molecular formula is C23H23F2N3O4. The van der Waals surface area contributed by atoms with Gasteiger partial charge in [0.15, 0.2) is 6.04 Å². The fourth-order valence-corrected chi connectivity index (χ4v) is 3.10. The first-order valence-corrected chi connectivity index (χ1v) is 10.0. The second kappa shape index (κ2) is 11.3. The molecule has 7 nitrogen and oxygen atoms in total. The van der Waals surface area contributed by atoms with Gasteiger partial charge in [-0.05, 0) is 42.0 Å². The molecule has 1 aliphatic heterocycles. The smallest absolute Gasteiger partial charge is 0.271 e. The first kappa shape index (κ1) is 23.3. The highest BCUT2D eigenvalue weighted by molar-refractivity contribution is 5.97. The van der Waals surface area contributed by atoms with Crippen molar-refractivity contribution < 1.29 is 28.3 Å². The first-order chi connectivity index (χ1) is 15.5. The highest BCUT2D eigenvalue weighted by Gasteiger charge is 2.30. The van der Waals surface area contributed by atoms with Crippen LogP contribution in [-0.4, -0.2) is 60.7 Å². The van der Waals surface area contributed by atoms with Crippen molar-refractivity contribution in [1.82, 2.24) is 15.7 Å². The average molecular weight is 443 g/mol. The number of nitrogens with one attached hydrogen (secondary N) is 2. The van der Waals surface area contributed by atoms with Crippen molar-refractivity contribution in [1.29, 1.82) is 0 Å². The standard InChI is InChI=1S/C23H23F2N3O4/c24-21(25)20(23(30)27-31)26-22(29)19-9-7-17(8-10-19)2-1-16-3-5-18(6-4-16)15-28-11-13-32-14-12-28/h3-10,20-21,31H,11-15H2,(H,26,29)(H,27,30). The largest absolute Gasteiger partial charge is 0.379 e. The van der Waals surface area contributed by atoms with Crippen LogP contribution in [0.1, 0.15) is 27.0 Å². The Morgan fingerprint density at radius 1 is 1.00 bits per heavy atom. The van der Waals surface area contributed by atoms with Crippen LogP contribution in [0.25, 0.3) is 0 Å². The van der Waals surface area contributed by atoms with Crippen molar-refractivity contribution in [3.05, 3.63) is 70.8 Å². The molecule has 1 heterocycles. The zero-order valence-electron chi connectivity index (χ0n) is 17.2. The summed E-state index contributed by atoms with van der Waals surface area (Å²) in [6.07, 6.45) is -3.17. The summed E-state index contributed by atoms with van der Waals surface area (Å²) < 4.78 is 31.1. The molecule has 32 heavy (non-hydrogen) atoms. The Kier molecular flexibility index (Phi) is 8.27. The zero-order chi connectivity index (χ0) is 22.9. The molecule has 1 saturated heterocycles. The van der Waals surface area contributed by atoms with Crippen LogP contribution in [0.5, 0.6) is 0 Å². The number of hydrogen-bond acceptors (Lipinski definition) is 5. The normalized spacial score (nSPS) is 14.9. The molecule has 0 radical (unpaired) electrons. The Bertz CT molecular complexity index is 979. The van der Waals surface area contributed by atoms with Gasteiger partial charge in [0, 0.05) is 36.3 Å². The van der Waals surface area contributed by atoms with Crippen molar-refractivity contribution in [3.8, 4) is 11.8 Å². The number of hydroxylamine groups is 1. The maximum Gasteiger partial charge on any atom is 0.271 e. The molecule has 9 heteroatoms. The van der Waals surface area contributed by atoms with E-state index in [2.05, 4.69) is 16.7 Å². The molecule has 3 N–H and O–H groups in total. The number of halogens is 2. The fraction of sp³-hybridized carbons (Fsp3) is 0.304. The summed E-state index contributed by atoms with van der Waals surface area (Å²) in [5.74, 6) is 3.77.